The number of rotatable bonds is 3. The van der Waals surface area contributed by atoms with Crippen LogP contribution in [0.3, 0.4) is 0 Å². The molecule has 3 rings (SSSR count). The number of hydrogen-bond donors (Lipinski definition) is 1. The van der Waals surface area contributed by atoms with Crippen LogP contribution < -0.4 is 10.5 Å². The first kappa shape index (κ1) is 15.1. The summed E-state index contributed by atoms with van der Waals surface area (Å²) in [4.78, 5) is 4.89. The third kappa shape index (κ3) is 2.75. The highest BCUT2D eigenvalue weighted by molar-refractivity contribution is 5.63. The van der Waals surface area contributed by atoms with Crippen molar-refractivity contribution in [3.05, 3.63) is 35.8 Å². The molecule has 0 spiro atoms. The van der Waals surface area contributed by atoms with Gasteiger partial charge in [0.2, 0.25) is 0 Å². The molecule has 2 aromatic rings. The Morgan fingerprint density at radius 1 is 1.27 bits per heavy atom. The molecule has 2 atom stereocenters. The Kier molecular flexibility index (Phi) is 3.96. The fourth-order valence-electron chi connectivity index (χ4n) is 3.27. The topological polar surface area (TPSA) is 53.1 Å². The van der Waals surface area contributed by atoms with Crippen LogP contribution in [-0.2, 0) is 6.54 Å². The quantitative estimate of drug-likeness (QED) is 0.944. The average molecular weight is 299 g/mol. The van der Waals surface area contributed by atoms with E-state index in [1.807, 2.05) is 26.0 Å². The third-order valence-corrected chi connectivity index (χ3v) is 4.26. The molecule has 4 heteroatoms. The van der Waals surface area contributed by atoms with E-state index >= 15 is 0 Å². The zero-order valence-corrected chi connectivity index (χ0v) is 13.8. The molecule has 2 heterocycles. The summed E-state index contributed by atoms with van der Waals surface area (Å²) in [6.07, 6.45) is 1.20. The Balaban J connectivity index is 1.94. The summed E-state index contributed by atoms with van der Waals surface area (Å²) < 4.78 is 7.99. The first-order chi connectivity index (χ1) is 10.5. The molecule has 0 bridgehead atoms. The summed E-state index contributed by atoms with van der Waals surface area (Å²) in [5.74, 6) is 2.48. The Hall–Kier alpha value is -1.81. The average Bonchev–Trinajstić information content (AvgIpc) is 2.77. The molecule has 0 aliphatic carbocycles. The van der Waals surface area contributed by atoms with Crippen molar-refractivity contribution in [3.8, 4) is 17.0 Å². The third-order valence-electron chi connectivity index (χ3n) is 4.26. The molecular formula is C18H25N3O. The second kappa shape index (κ2) is 5.76. The normalized spacial score (nSPS) is 21.0. The van der Waals surface area contributed by atoms with Gasteiger partial charge in [-0.15, -0.1) is 0 Å². The number of nitrogens with zero attached hydrogens (tertiary/aromatic N) is 2. The molecule has 4 nitrogen and oxygen atoms in total. The lowest BCUT2D eigenvalue weighted by atomic mass is 9.98. The second-order valence-electron chi connectivity index (χ2n) is 6.60. The van der Waals surface area contributed by atoms with Gasteiger partial charge in [-0.05, 0) is 51.5 Å². The lowest BCUT2D eigenvalue weighted by molar-refractivity contribution is 0.242. The van der Waals surface area contributed by atoms with Gasteiger partial charge in [-0.2, -0.15) is 0 Å². The molecule has 0 saturated heterocycles. The molecule has 1 aliphatic rings. The molecule has 0 fully saturated rings. The summed E-state index contributed by atoms with van der Waals surface area (Å²) in [5.41, 5.74) is 9.56. The van der Waals surface area contributed by atoms with Gasteiger partial charge in [0.05, 0.1) is 11.8 Å². The van der Waals surface area contributed by atoms with E-state index in [9.17, 15) is 0 Å². The summed E-state index contributed by atoms with van der Waals surface area (Å²) in [6.45, 7) is 9.28. The van der Waals surface area contributed by atoms with Crippen molar-refractivity contribution >= 4 is 0 Å². The second-order valence-corrected chi connectivity index (χ2v) is 6.60. The van der Waals surface area contributed by atoms with Crippen molar-refractivity contribution in [2.24, 2.45) is 5.73 Å². The zero-order chi connectivity index (χ0) is 15.9. The molecule has 0 saturated carbocycles. The number of nitrogens with two attached hydrogens (primary N) is 1. The van der Waals surface area contributed by atoms with Gasteiger partial charge in [-0.1, -0.05) is 6.92 Å². The van der Waals surface area contributed by atoms with Crippen molar-refractivity contribution < 1.29 is 4.74 Å². The van der Waals surface area contributed by atoms with Crippen LogP contribution in [0.5, 0.6) is 5.75 Å². The van der Waals surface area contributed by atoms with Crippen LogP contribution in [-0.4, -0.2) is 21.7 Å². The Morgan fingerprint density at radius 3 is 2.59 bits per heavy atom. The van der Waals surface area contributed by atoms with E-state index in [1.165, 1.54) is 5.69 Å². The summed E-state index contributed by atoms with van der Waals surface area (Å²) in [5, 5.41) is 0. The highest BCUT2D eigenvalue weighted by Crippen LogP contribution is 2.32. The monoisotopic (exact) mass is 299 g/mol. The van der Waals surface area contributed by atoms with Crippen molar-refractivity contribution in [2.75, 3.05) is 0 Å². The number of ether oxygens (including phenoxy) is 1. The number of hydrogen-bond acceptors (Lipinski definition) is 3. The van der Waals surface area contributed by atoms with Gasteiger partial charge in [0.25, 0.3) is 0 Å². The molecule has 0 amide bonds. The van der Waals surface area contributed by atoms with Crippen LogP contribution in [0.25, 0.3) is 11.3 Å². The number of aromatic nitrogens is 2. The first-order valence-electron chi connectivity index (χ1n) is 8.05. The highest BCUT2D eigenvalue weighted by atomic mass is 16.5. The van der Waals surface area contributed by atoms with E-state index in [2.05, 4.69) is 30.5 Å². The van der Waals surface area contributed by atoms with E-state index in [4.69, 9.17) is 15.5 Å². The molecule has 2 N–H and O–H groups in total. The van der Waals surface area contributed by atoms with Gasteiger partial charge < -0.3 is 15.0 Å². The Morgan fingerprint density at radius 2 is 1.95 bits per heavy atom. The first-order valence-corrected chi connectivity index (χ1v) is 8.05. The van der Waals surface area contributed by atoms with Gasteiger partial charge in [-0.25, -0.2) is 4.98 Å². The van der Waals surface area contributed by atoms with E-state index in [0.29, 0.717) is 5.92 Å². The van der Waals surface area contributed by atoms with Crippen LogP contribution in [0.4, 0.5) is 0 Å². The predicted molar refractivity (Wildman–Crippen MR) is 89.2 cm³/mol. The van der Waals surface area contributed by atoms with E-state index in [-0.39, 0.29) is 12.1 Å². The molecule has 2 unspecified atom stereocenters. The molecule has 1 aromatic carbocycles. The smallest absolute Gasteiger partial charge is 0.119 e. The number of benzene rings is 1. The fourth-order valence-corrected chi connectivity index (χ4v) is 3.27. The van der Waals surface area contributed by atoms with Gasteiger partial charge in [0, 0.05) is 29.8 Å². The lowest BCUT2D eigenvalue weighted by Gasteiger charge is -2.26. The Bertz CT molecular complexity index is 658. The molecule has 1 aliphatic heterocycles. The van der Waals surface area contributed by atoms with Crippen LogP contribution in [0.1, 0.15) is 44.6 Å². The maximum Gasteiger partial charge on any atom is 0.119 e. The molecule has 0 radical (unpaired) electrons. The fraction of sp³-hybridized carbons (Fsp3) is 0.500. The van der Waals surface area contributed by atoms with Crippen LogP contribution in [0.15, 0.2) is 24.3 Å². The molecule has 22 heavy (non-hydrogen) atoms. The molecule has 118 valence electrons. The van der Waals surface area contributed by atoms with Crippen molar-refractivity contribution in [1.29, 1.82) is 0 Å². The summed E-state index contributed by atoms with van der Waals surface area (Å²) in [6, 6.07) is 8.43. The van der Waals surface area contributed by atoms with Gasteiger partial charge in [-0.3, -0.25) is 0 Å². The SMILES string of the molecule is Cc1c(-c2ccc(OC(C)C)cc2)nc2n1CC(N)CC2C. The summed E-state index contributed by atoms with van der Waals surface area (Å²) in [7, 11) is 0. The Labute approximate surface area is 132 Å². The van der Waals surface area contributed by atoms with E-state index in [1.54, 1.807) is 0 Å². The van der Waals surface area contributed by atoms with Crippen molar-refractivity contribution in [2.45, 2.75) is 58.7 Å². The number of imidazole rings is 1. The number of fused-ring (bicyclic) bond motifs is 1. The highest BCUT2D eigenvalue weighted by Gasteiger charge is 2.26. The minimum Gasteiger partial charge on any atom is -0.491 e. The van der Waals surface area contributed by atoms with Gasteiger partial charge >= 0.3 is 0 Å². The van der Waals surface area contributed by atoms with Crippen molar-refractivity contribution in [3.63, 3.8) is 0 Å². The van der Waals surface area contributed by atoms with Gasteiger partial charge in [0.15, 0.2) is 0 Å². The molecule has 1 aromatic heterocycles. The van der Waals surface area contributed by atoms with Crippen LogP contribution in [0, 0.1) is 6.92 Å². The molecular weight excluding hydrogens is 274 g/mol. The van der Waals surface area contributed by atoms with E-state index in [0.717, 1.165) is 35.8 Å². The zero-order valence-electron chi connectivity index (χ0n) is 13.8. The standard InChI is InChI=1S/C18H25N3O/c1-11(2)22-16-7-5-14(6-8-16)17-13(4)21-10-15(19)9-12(3)18(21)20-17/h5-8,11-12,15H,9-10,19H2,1-4H3. The predicted octanol–water partition coefficient (Wildman–Crippen LogP) is 3.48. The minimum atomic E-state index is 0.190. The van der Waals surface area contributed by atoms with Crippen LogP contribution in [0.2, 0.25) is 0 Å². The summed E-state index contributed by atoms with van der Waals surface area (Å²) >= 11 is 0. The van der Waals surface area contributed by atoms with Crippen LogP contribution >= 0.6 is 0 Å². The van der Waals surface area contributed by atoms with Crippen molar-refractivity contribution in [1.82, 2.24) is 9.55 Å². The van der Waals surface area contributed by atoms with E-state index < -0.39 is 0 Å². The maximum absolute atomic E-state index is 6.16. The maximum atomic E-state index is 6.16. The lowest BCUT2D eigenvalue weighted by Crippen LogP contribution is -2.34. The minimum absolute atomic E-state index is 0.190. The largest absolute Gasteiger partial charge is 0.491 e. The van der Waals surface area contributed by atoms with Gasteiger partial charge in [0.1, 0.15) is 11.6 Å².